The molecular weight excluding hydrogens is 1500 g/mol. The molecule has 3 aromatic heterocycles. The zero-order valence-electron chi connectivity index (χ0n) is 63.5. The van der Waals surface area contributed by atoms with Crippen molar-refractivity contribution in [3.63, 3.8) is 0 Å². The molecule has 20 N–H and O–H groups in total. The number of aliphatic carboxylic acids is 1. The monoisotopic (exact) mass is 1610 g/mol. The Balaban J connectivity index is 1.03. The Labute approximate surface area is 664 Å². The molecule has 3 aromatic carbocycles. The van der Waals surface area contributed by atoms with Gasteiger partial charge in [-0.1, -0.05) is 107 Å². The van der Waals surface area contributed by atoms with Gasteiger partial charge in [-0.25, -0.2) is 9.78 Å². The number of aliphatic hydroxyl groups excluding tert-OH is 1. The molecule has 6 aromatic rings. The number of aromatic amines is 3. The fourth-order valence-electron chi connectivity index (χ4n) is 12.9. The molecule has 7 rings (SSSR count). The summed E-state index contributed by atoms with van der Waals surface area (Å²) >= 11 is 10.1. The number of H-pyrrole nitrogens is 3. The number of carbonyl (C=O) groups excluding carboxylic acids is 12. The standard InChI is InChI=1S/C76H106N18O15S3/c1-7-42(4)63(92-74(106)64(43(5)95)93-71(103)59(39-111)89-68(100)56(32-46-35-81-52-24-14-12-21-49(46)52)86-67(99)54(30-44-18-9-8-10-19-44)85-65(97)50(78)22-15-16-27-77)73(105)88-55(31-45-34-80-51-23-13-11-20-48(45)51)66(98)82-37-61(96)91-62(41(2)3)72(104)90-58(38-110)70(102)87-57(33-47-36-79-40-83-47)69(101)84-53(26-29-112-6)75(107)94-28-17-25-60(94)76(108)109/h8-14,18-21,23-24,34-36,40-43,50,53-60,62-64,80-81,95,110-111H,7,15-17,22,25-33,37-39,77-78H2,1-6H3,(H,79,83)(H,82,98)(H,84,101)(H,85,97)(H,86,99)(H,87,102)(H,88,105)(H,89,100)(H,90,104)(H,91,96)(H,92,106)(H,93,103)(H,108,109)/t42-,43+,50-,53-,54-,55-,56-,57-,58-,59-,60-,62-,63-,64-/m0/s1. The molecular formula is C76H106N18O15S3. The second kappa shape index (κ2) is 44.3. The summed E-state index contributed by atoms with van der Waals surface area (Å²) in [7, 11) is 0. The van der Waals surface area contributed by atoms with Gasteiger partial charge in [0.25, 0.3) is 0 Å². The first-order valence-corrected chi connectivity index (χ1v) is 40.0. The number of rotatable bonds is 45. The molecule has 0 aliphatic carbocycles. The maximum atomic E-state index is 14.8. The molecule has 1 aliphatic heterocycles. The number of fused-ring (bicyclic) bond motifs is 2. The van der Waals surface area contributed by atoms with Gasteiger partial charge in [0.2, 0.25) is 70.9 Å². The van der Waals surface area contributed by atoms with Crippen LogP contribution in [0.25, 0.3) is 21.8 Å². The predicted molar refractivity (Wildman–Crippen MR) is 429 cm³/mol. The zero-order chi connectivity index (χ0) is 81.7. The number of amides is 12. The summed E-state index contributed by atoms with van der Waals surface area (Å²) in [5.74, 6) is -12.7. The summed E-state index contributed by atoms with van der Waals surface area (Å²) < 4.78 is 0. The van der Waals surface area contributed by atoms with Crippen LogP contribution in [-0.4, -0.2) is 234 Å². The Morgan fingerprint density at radius 3 is 1.61 bits per heavy atom. The third kappa shape index (κ3) is 25.8. The molecule has 0 saturated carbocycles. The summed E-state index contributed by atoms with van der Waals surface area (Å²) in [5, 5.41) is 51.7. The summed E-state index contributed by atoms with van der Waals surface area (Å²) in [5.41, 5.74) is 15.7. The molecule has 1 aliphatic rings. The minimum absolute atomic E-state index is 0.0104. The van der Waals surface area contributed by atoms with Crippen LogP contribution in [0.15, 0.2) is 104 Å². The van der Waals surface area contributed by atoms with E-state index in [2.05, 4.69) is 104 Å². The van der Waals surface area contributed by atoms with Gasteiger partial charge < -0.3 is 100 Å². The van der Waals surface area contributed by atoms with Crippen LogP contribution in [0.4, 0.5) is 0 Å². The van der Waals surface area contributed by atoms with Crippen LogP contribution in [0.2, 0.25) is 0 Å². The number of benzene rings is 3. The third-order valence-corrected chi connectivity index (χ3v) is 20.9. The Morgan fingerprint density at radius 2 is 1.06 bits per heavy atom. The van der Waals surface area contributed by atoms with Crippen molar-refractivity contribution in [3.05, 3.63) is 126 Å². The van der Waals surface area contributed by atoms with E-state index in [1.54, 1.807) is 101 Å². The average molecular weight is 1610 g/mol. The van der Waals surface area contributed by atoms with E-state index in [9.17, 15) is 72.5 Å². The van der Waals surface area contributed by atoms with Gasteiger partial charge in [-0.15, -0.1) is 0 Å². The Morgan fingerprint density at radius 1 is 0.571 bits per heavy atom. The first-order valence-electron chi connectivity index (χ1n) is 37.4. The Bertz CT molecular complexity index is 4180. The summed E-state index contributed by atoms with van der Waals surface area (Å²) in [6, 6.07) is 7.14. The van der Waals surface area contributed by atoms with Crippen LogP contribution in [0, 0.1) is 11.8 Å². The molecule has 0 unspecified atom stereocenters. The minimum Gasteiger partial charge on any atom is -0.480 e. The second-order valence-electron chi connectivity index (χ2n) is 28.2. The predicted octanol–water partition coefficient (Wildman–Crippen LogP) is -0.165. The first-order chi connectivity index (χ1) is 53.6. The molecule has 0 bridgehead atoms. The number of imidazole rings is 1. The normalized spacial score (nSPS) is 16.2. The Kier molecular flexibility index (Phi) is 35.3. The van der Waals surface area contributed by atoms with Crippen LogP contribution in [0.3, 0.4) is 0 Å². The highest BCUT2D eigenvalue weighted by Crippen LogP contribution is 2.24. The van der Waals surface area contributed by atoms with Gasteiger partial charge in [-0.2, -0.15) is 37.0 Å². The fraction of sp³-hybridized carbons (Fsp3) is 0.500. The van der Waals surface area contributed by atoms with E-state index in [4.69, 9.17) is 11.5 Å². The lowest BCUT2D eigenvalue weighted by Gasteiger charge is -2.30. The lowest BCUT2D eigenvalue weighted by Crippen LogP contribution is -2.63. The van der Waals surface area contributed by atoms with Crippen molar-refractivity contribution in [2.24, 2.45) is 23.3 Å². The SMILES string of the molecule is CC[C@H](C)[C@H](NC(=O)[C@@H](NC(=O)[C@H](CS)NC(=O)[C@H](Cc1c[nH]c2ccccc12)NC(=O)[C@H](Cc1ccccc1)NC(=O)[C@@H](N)CCCCN)[C@@H](C)O)C(=O)N[C@@H](Cc1c[nH]c2ccccc12)C(=O)NCC(=O)N[C@H](C(=O)N[C@@H](CS)C(=O)N[C@@H](Cc1cnc[nH]1)C(=O)N[C@@H](CCSC)C(=O)N1CCC[C@H]1C(=O)O)C(C)C. The number of carboxylic acids is 1. The fourth-order valence-corrected chi connectivity index (χ4v) is 13.9. The molecule has 33 nitrogen and oxygen atoms in total. The number of aliphatic hydroxyl groups is 1. The number of carbonyl (C=O) groups is 13. The van der Waals surface area contributed by atoms with Gasteiger partial charge >= 0.3 is 5.97 Å². The number of para-hydroxylation sites is 2. The van der Waals surface area contributed by atoms with Gasteiger partial charge in [0.05, 0.1) is 25.0 Å². The number of hydrogen-bond acceptors (Lipinski definition) is 20. The van der Waals surface area contributed by atoms with Crippen molar-refractivity contribution in [2.45, 2.75) is 184 Å². The number of nitrogens with zero attached hydrogens (tertiary/aromatic N) is 2. The van der Waals surface area contributed by atoms with Crippen LogP contribution >= 0.6 is 37.0 Å². The molecule has 1 fully saturated rings. The summed E-state index contributed by atoms with van der Waals surface area (Å²) in [4.78, 5) is 198. The molecule has 12 amide bonds. The molecule has 112 heavy (non-hydrogen) atoms. The number of thioether (sulfide) groups is 1. The highest BCUT2D eigenvalue weighted by molar-refractivity contribution is 7.98. The number of aromatic nitrogens is 4. The van der Waals surface area contributed by atoms with Crippen LogP contribution in [0.1, 0.15) is 102 Å². The van der Waals surface area contributed by atoms with Crippen molar-refractivity contribution in [3.8, 4) is 0 Å². The van der Waals surface area contributed by atoms with E-state index in [0.29, 0.717) is 71.3 Å². The molecule has 0 spiro atoms. The van der Waals surface area contributed by atoms with Gasteiger partial charge in [-0.05, 0) is 98.2 Å². The lowest BCUT2D eigenvalue weighted by molar-refractivity contribution is -0.149. The molecule has 0 radical (unpaired) electrons. The molecule has 1 saturated heterocycles. The van der Waals surface area contributed by atoms with Gasteiger partial charge in [0.1, 0.15) is 66.5 Å². The number of hydrogen-bond donors (Lipinski definition) is 20. The van der Waals surface area contributed by atoms with Crippen molar-refractivity contribution in [1.29, 1.82) is 0 Å². The number of carboxylic acid groups (broad SMARTS) is 1. The number of nitrogens with one attached hydrogen (secondary N) is 14. The smallest absolute Gasteiger partial charge is 0.326 e. The number of unbranched alkanes of at least 4 members (excludes halogenated alkanes) is 1. The van der Waals surface area contributed by atoms with Gasteiger partial charge in [-0.3, -0.25) is 57.5 Å². The average Bonchev–Trinajstić information content (AvgIpc) is 1.47. The summed E-state index contributed by atoms with van der Waals surface area (Å²) in [6.45, 7) is 7.66. The number of likely N-dealkylation sites (tertiary alicyclic amines) is 1. The van der Waals surface area contributed by atoms with E-state index in [-0.39, 0.29) is 63.0 Å². The topological polar surface area (TPSA) is 510 Å². The van der Waals surface area contributed by atoms with Gasteiger partial charge in [0, 0.05) is 89.8 Å². The van der Waals surface area contributed by atoms with E-state index in [1.807, 2.05) is 24.5 Å². The van der Waals surface area contributed by atoms with E-state index >= 15 is 0 Å². The molecule has 14 atom stereocenters. The zero-order valence-corrected chi connectivity index (χ0v) is 66.2. The van der Waals surface area contributed by atoms with E-state index in [0.717, 1.165) is 10.9 Å². The van der Waals surface area contributed by atoms with Crippen LogP contribution in [-0.2, 0) is 88.0 Å². The van der Waals surface area contributed by atoms with Crippen molar-refractivity contribution in [2.75, 3.05) is 43.1 Å². The summed E-state index contributed by atoms with van der Waals surface area (Å²) in [6.07, 6.45) is 8.46. The largest absolute Gasteiger partial charge is 0.480 e. The maximum Gasteiger partial charge on any atom is 0.326 e. The lowest BCUT2D eigenvalue weighted by atomic mass is 9.96. The second-order valence-corrected chi connectivity index (χ2v) is 29.9. The highest BCUT2D eigenvalue weighted by atomic mass is 32.2. The van der Waals surface area contributed by atoms with Crippen molar-refractivity contribution < 1.29 is 72.5 Å². The van der Waals surface area contributed by atoms with Crippen molar-refractivity contribution in [1.82, 2.24) is 83.3 Å². The first kappa shape index (κ1) is 89.2. The maximum absolute atomic E-state index is 14.8. The quantitative estimate of drug-likeness (QED) is 0.0174. The minimum atomic E-state index is -1.78. The van der Waals surface area contributed by atoms with Crippen LogP contribution < -0.4 is 70.0 Å². The van der Waals surface area contributed by atoms with Crippen LogP contribution in [0.5, 0.6) is 0 Å². The number of nitrogens with two attached hydrogens (primary N) is 2. The van der Waals surface area contributed by atoms with Crippen molar-refractivity contribution >= 4 is 136 Å². The molecule has 36 heteroatoms. The van der Waals surface area contributed by atoms with Gasteiger partial charge in [0.15, 0.2) is 0 Å². The third-order valence-electron chi connectivity index (χ3n) is 19.5. The molecule has 4 heterocycles. The number of thiol groups is 2. The van der Waals surface area contributed by atoms with E-state index in [1.165, 1.54) is 36.1 Å². The van der Waals surface area contributed by atoms with E-state index < -0.39 is 174 Å². The molecule has 608 valence electrons. The highest BCUT2D eigenvalue weighted by Gasteiger charge is 2.41. The Hall–Kier alpha value is -10.0.